The smallest absolute Gasteiger partial charge is 0.253 e. The van der Waals surface area contributed by atoms with Gasteiger partial charge in [0.1, 0.15) is 0 Å². The molecule has 1 unspecified atom stereocenters. The summed E-state index contributed by atoms with van der Waals surface area (Å²) in [6, 6.07) is 8.24. The fraction of sp³-hybridized carbons (Fsp3) is 0.533. The van der Waals surface area contributed by atoms with E-state index in [1.807, 2.05) is 29.2 Å². The predicted molar refractivity (Wildman–Crippen MR) is 81.4 cm³/mol. The SMILES string of the molecule is CCC(C)N1CCN(C(=O)c2cccc(Br)c2)CC1. The number of piperazine rings is 1. The van der Waals surface area contributed by atoms with E-state index < -0.39 is 0 Å². The maximum absolute atomic E-state index is 12.4. The highest BCUT2D eigenvalue weighted by Gasteiger charge is 2.23. The molecule has 1 atom stereocenters. The van der Waals surface area contributed by atoms with Crippen LogP contribution in [0.25, 0.3) is 0 Å². The fourth-order valence-electron chi connectivity index (χ4n) is 2.43. The minimum atomic E-state index is 0.144. The number of nitrogens with zero attached hydrogens (tertiary/aromatic N) is 2. The van der Waals surface area contributed by atoms with Crippen molar-refractivity contribution in [1.82, 2.24) is 9.80 Å². The van der Waals surface area contributed by atoms with Crippen molar-refractivity contribution in [2.24, 2.45) is 0 Å². The number of carbonyl (C=O) groups is 1. The molecule has 1 aliphatic rings. The summed E-state index contributed by atoms with van der Waals surface area (Å²) in [6.45, 7) is 8.09. The third kappa shape index (κ3) is 3.57. The van der Waals surface area contributed by atoms with Crippen LogP contribution >= 0.6 is 15.9 Å². The number of carbonyl (C=O) groups excluding carboxylic acids is 1. The second-order valence-electron chi connectivity index (χ2n) is 5.10. The minimum absolute atomic E-state index is 0.144. The molecule has 1 aromatic carbocycles. The normalized spacial score (nSPS) is 18.4. The second-order valence-corrected chi connectivity index (χ2v) is 6.01. The lowest BCUT2D eigenvalue weighted by atomic mass is 10.1. The van der Waals surface area contributed by atoms with Crippen molar-refractivity contribution in [3.63, 3.8) is 0 Å². The maximum Gasteiger partial charge on any atom is 0.253 e. The number of halogens is 1. The van der Waals surface area contributed by atoms with E-state index in [-0.39, 0.29) is 5.91 Å². The largest absolute Gasteiger partial charge is 0.336 e. The van der Waals surface area contributed by atoms with E-state index in [1.54, 1.807) is 0 Å². The average Bonchev–Trinajstić information content (AvgIpc) is 2.46. The van der Waals surface area contributed by atoms with E-state index in [9.17, 15) is 4.79 Å². The van der Waals surface area contributed by atoms with Gasteiger partial charge in [0.25, 0.3) is 5.91 Å². The Bertz CT molecular complexity index is 442. The Balaban J connectivity index is 1.96. The third-order valence-electron chi connectivity index (χ3n) is 3.89. The minimum Gasteiger partial charge on any atom is -0.336 e. The molecule has 1 fully saturated rings. The topological polar surface area (TPSA) is 23.6 Å². The number of hydrogen-bond acceptors (Lipinski definition) is 2. The molecule has 1 saturated heterocycles. The Hall–Kier alpha value is -0.870. The van der Waals surface area contributed by atoms with Crippen molar-refractivity contribution in [3.8, 4) is 0 Å². The van der Waals surface area contributed by atoms with Crippen molar-refractivity contribution >= 4 is 21.8 Å². The molecule has 0 aromatic heterocycles. The standard InChI is InChI=1S/C15H21BrN2O/c1-3-12(2)17-7-9-18(10-8-17)15(19)13-5-4-6-14(16)11-13/h4-6,11-12H,3,7-10H2,1-2H3. The summed E-state index contributed by atoms with van der Waals surface area (Å²) in [6.07, 6.45) is 1.17. The highest BCUT2D eigenvalue weighted by atomic mass is 79.9. The molecule has 104 valence electrons. The molecular formula is C15H21BrN2O. The second kappa shape index (κ2) is 6.53. The van der Waals surface area contributed by atoms with E-state index in [0.717, 1.165) is 36.2 Å². The van der Waals surface area contributed by atoms with Crippen LogP contribution < -0.4 is 0 Å². The average molecular weight is 325 g/mol. The highest BCUT2D eigenvalue weighted by molar-refractivity contribution is 9.10. The lowest BCUT2D eigenvalue weighted by molar-refractivity contribution is 0.0579. The summed E-state index contributed by atoms with van der Waals surface area (Å²) in [5.41, 5.74) is 0.770. The number of amides is 1. The van der Waals surface area contributed by atoms with Crippen molar-refractivity contribution in [2.45, 2.75) is 26.3 Å². The van der Waals surface area contributed by atoms with E-state index >= 15 is 0 Å². The lowest BCUT2D eigenvalue weighted by Crippen LogP contribution is -2.51. The molecule has 0 spiro atoms. The van der Waals surface area contributed by atoms with Crippen LogP contribution in [0.15, 0.2) is 28.7 Å². The first kappa shape index (κ1) is 14.5. The predicted octanol–water partition coefficient (Wildman–Crippen LogP) is 3.01. The number of rotatable bonds is 3. The van der Waals surface area contributed by atoms with Crippen molar-refractivity contribution in [3.05, 3.63) is 34.3 Å². The summed E-state index contributed by atoms with van der Waals surface area (Å²) in [7, 11) is 0. The molecule has 1 aromatic rings. The van der Waals surface area contributed by atoms with Gasteiger partial charge in [-0.3, -0.25) is 9.69 Å². The van der Waals surface area contributed by atoms with Gasteiger partial charge in [-0.2, -0.15) is 0 Å². The zero-order valence-electron chi connectivity index (χ0n) is 11.6. The third-order valence-corrected chi connectivity index (χ3v) is 4.38. The van der Waals surface area contributed by atoms with E-state index in [1.165, 1.54) is 6.42 Å². The van der Waals surface area contributed by atoms with Gasteiger partial charge in [0.15, 0.2) is 0 Å². The first-order valence-electron chi connectivity index (χ1n) is 6.90. The van der Waals surface area contributed by atoms with Gasteiger partial charge in [-0.05, 0) is 31.5 Å². The van der Waals surface area contributed by atoms with Crippen LogP contribution in [-0.4, -0.2) is 47.9 Å². The fourth-order valence-corrected chi connectivity index (χ4v) is 2.83. The molecule has 0 bridgehead atoms. The van der Waals surface area contributed by atoms with Gasteiger partial charge >= 0.3 is 0 Å². The van der Waals surface area contributed by atoms with Gasteiger partial charge < -0.3 is 4.90 Å². The molecular weight excluding hydrogens is 304 g/mol. The van der Waals surface area contributed by atoms with Gasteiger partial charge in [0.2, 0.25) is 0 Å². The first-order valence-corrected chi connectivity index (χ1v) is 7.70. The van der Waals surface area contributed by atoms with Gasteiger partial charge in [-0.15, -0.1) is 0 Å². The summed E-state index contributed by atoms with van der Waals surface area (Å²) < 4.78 is 0.955. The Morgan fingerprint density at radius 1 is 1.32 bits per heavy atom. The molecule has 3 nitrogen and oxygen atoms in total. The Labute approximate surface area is 123 Å². The summed E-state index contributed by atoms with van der Waals surface area (Å²) in [5, 5.41) is 0. The first-order chi connectivity index (χ1) is 9.11. The lowest BCUT2D eigenvalue weighted by Gasteiger charge is -2.37. The zero-order chi connectivity index (χ0) is 13.8. The van der Waals surface area contributed by atoms with Crippen LogP contribution in [0.2, 0.25) is 0 Å². The molecule has 0 aliphatic carbocycles. The molecule has 0 N–H and O–H groups in total. The quantitative estimate of drug-likeness (QED) is 0.853. The highest BCUT2D eigenvalue weighted by Crippen LogP contribution is 2.15. The van der Waals surface area contributed by atoms with Gasteiger partial charge in [-0.1, -0.05) is 28.9 Å². The molecule has 0 radical (unpaired) electrons. The van der Waals surface area contributed by atoms with Crippen molar-refractivity contribution < 1.29 is 4.79 Å². The van der Waals surface area contributed by atoms with Crippen LogP contribution in [0.1, 0.15) is 30.6 Å². The van der Waals surface area contributed by atoms with Crippen LogP contribution in [0.3, 0.4) is 0 Å². The van der Waals surface area contributed by atoms with Crippen molar-refractivity contribution in [1.29, 1.82) is 0 Å². The Kier molecular flexibility index (Phi) is 4.99. The monoisotopic (exact) mass is 324 g/mol. The molecule has 0 saturated carbocycles. The number of benzene rings is 1. The Morgan fingerprint density at radius 3 is 2.58 bits per heavy atom. The summed E-state index contributed by atoms with van der Waals surface area (Å²) in [4.78, 5) is 16.8. The van der Waals surface area contributed by atoms with Crippen molar-refractivity contribution in [2.75, 3.05) is 26.2 Å². The number of hydrogen-bond donors (Lipinski definition) is 0. The van der Waals surface area contributed by atoms with E-state index in [0.29, 0.717) is 6.04 Å². The summed E-state index contributed by atoms with van der Waals surface area (Å²) in [5.74, 6) is 0.144. The molecule has 19 heavy (non-hydrogen) atoms. The van der Waals surface area contributed by atoms with Gasteiger partial charge in [-0.25, -0.2) is 0 Å². The van der Waals surface area contributed by atoms with Crippen LogP contribution in [-0.2, 0) is 0 Å². The molecule has 2 rings (SSSR count). The maximum atomic E-state index is 12.4. The van der Waals surface area contributed by atoms with Gasteiger partial charge in [0, 0.05) is 42.3 Å². The zero-order valence-corrected chi connectivity index (χ0v) is 13.2. The molecule has 1 heterocycles. The molecule has 4 heteroatoms. The van der Waals surface area contributed by atoms with Crippen LogP contribution in [0.5, 0.6) is 0 Å². The van der Waals surface area contributed by atoms with E-state index in [4.69, 9.17) is 0 Å². The molecule has 1 aliphatic heterocycles. The van der Waals surface area contributed by atoms with E-state index in [2.05, 4.69) is 34.7 Å². The van der Waals surface area contributed by atoms with Crippen LogP contribution in [0.4, 0.5) is 0 Å². The Morgan fingerprint density at radius 2 is 2.00 bits per heavy atom. The summed E-state index contributed by atoms with van der Waals surface area (Å²) >= 11 is 3.41. The van der Waals surface area contributed by atoms with Gasteiger partial charge in [0.05, 0.1) is 0 Å². The molecule has 1 amide bonds. The van der Waals surface area contributed by atoms with Crippen LogP contribution in [0, 0.1) is 0 Å².